The van der Waals surface area contributed by atoms with Gasteiger partial charge in [0.1, 0.15) is 11.6 Å². The fraction of sp³-hybridized carbons (Fsp3) is 0.109. The van der Waals surface area contributed by atoms with E-state index < -0.39 is 0 Å². The molecule has 0 radical (unpaired) electrons. The van der Waals surface area contributed by atoms with Gasteiger partial charge in [-0.25, -0.2) is 22.3 Å². The first-order chi connectivity index (χ1) is 60.2. The second-order valence-electron chi connectivity index (χ2n) is 33.0. The van der Waals surface area contributed by atoms with E-state index in [4.69, 9.17) is 20.3 Å². The highest BCUT2D eigenvalue weighted by atomic mass is 19.1. The van der Waals surface area contributed by atoms with Gasteiger partial charge >= 0.3 is 0 Å². The van der Waals surface area contributed by atoms with Crippen LogP contribution in [-0.4, -0.2) is 47.5 Å². The fourth-order valence-corrected chi connectivity index (χ4v) is 19.6. The third-order valence-electron chi connectivity index (χ3n) is 25.8. The zero-order valence-electron chi connectivity index (χ0n) is 67.1. The molecular formula is C110H82F2N10. The molecule has 0 bridgehead atoms. The third kappa shape index (κ3) is 12.9. The van der Waals surface area contributed by atoms with Crippen molar-refractivity contribution in [1.82, 2.24) is 47.5 Å². The summed E-state index contributed by atoms with van der Waals surface area (Å²) in [5.41, 5.74) is 29.9. The molecule has 12 heteroatoms. The van der Waals surface area contributed by atoms with Crippen molar-refractivity contribution in [3.05, 3.63) is 387 Å². The lowest BCUT2D eigenvalue weighted by Crippen LogP contribution is -2.04. The number of pyridine rings is 4. The largest absolute Gasteiger partial charge is 0.309 e. The molecule has 10 aromatic heterocycles. The summed E-state index contributed by atoms with van der Waals surface area (Å²) < 4.78 is 40.9. The predicted molar refractivity (Wildman–Crippen MR) is 498 cm³/mol. The van der Waals surface area contributed by atoms with Crippen molar-refractivity contribution in [3.8, 4) is 73.2 Å². The lowest BCUT2D eigenvalue weighted by atomic mass is 9.83. The van der Waals surface area contributed by atoms with E-state index in [1.54, 1.807) is 12.1 Å². The standard InChI is InChI=1S/C41H39N3.C40H26N4.C29H17F2N3/c1-3-9-28(10-4-1)32-18-23-40-36(25-32)37-26-33(29-11-5-2-6-12-29)19-24-41(37)43(40)34-20-15-30(16-21-34)38-27-35-22-17-31-13-7-8-14-39(31)44(35)42-38;1-4-10-38-30(7-1)19-23-33-25-37(42-44(33)38)29-15-13-28(14-16-29)36-24-20-31(26-41-36)27-17-21-32(22-18-27)43-39-11-5-2-8-34(39)35-9-3-6-12-40(35)43;30-20-8-13-28-24(15-20)25-16-21(31)9-14-29(25)33(28)22-10-5-18(6-11-22)26-17-23-12-7-19-3-1-2-4-27(19)34(23)32-26/h7-8,13-29H,1-6,9-12H2;1-26H;1-17H. The Hall–Kier alpha value is -14.9. The third-order valence-corrected chi connectivity index (χ3v) is 25.8. The maximum atomic E-state index is 14.0. The summed E-state index contributed by atoms with van der Waals surface area (Å²) >= 11 is 0. The Morgan fingerprint density at radius 2 is 0.541 bits per heavy atom. The molecule has 10 heterocycles. The van der Waals surface area contributed by atoms with Gasteiger partial charge in [-0.3, -0.25) is 4.98 Å². The molecule has 23 aromatic rings. The van der Waals surface area contributed by atoms with E-state index in [1.165, 1.54) is 160 Å². The van der Waals surface area contributed by atoms with Gasteiger partial charge in [0.2, 0.25) is 0 Å². The molecule has 25 rings (SSSR count). The molecule has 0 unspecified atom stereocenters. The van der Waals surface area contributed by atoms with Crippen LogP contribution in [0.5, 0.6) is 0 Å². The molecule has 10 nitrogen and oxygen atoms in total. The minimum Gasteiger partial charge on any atom is -0.309 e. The molecule has 2 fully saturated rings. The van der Waals surface area contributed by atoms with Crippen LogP contribution >= 0.6 is 0 Å². The summed E-state index contributed by atoms with van der Waals surface area (Å²) in [5.74, 6) is 0.723. The predicted octanol–water partition coefficient (Wildman–Crippen LogP) is 28.9. The van der Waals surface area contributed by atoms with Crippen molar-refractivity contribution in [2.45, 2.75) is 76.0 Å². The van der Waals surface area contributed by atoms with Crippen molar-refractivity contribution < 1.29 is 8.78 Å². The van der Waals surface area contributed by atoms with Gasteiger partial charge in [-0.15, -0.1) is 0 Å². The smallest absolute Gasteiger partial charge is 0.123 e. The van der Waals surface area contributed by atoms with Gasteiger partial charge < -0.3 is 13.7 Å². The molecule has 13 aromatic carbocycles. The Kier molecular flexibility index (Phi) is 17.9. The fourth-order valence-electron chi connectivity index (χ4n) is 19.6. The average molecular weight is 1580 g/mol. The first-order valence-electron chi connectivity index (χ1n) is 42.7. The van der Waals surface area contributed by atoms with E-state index in [-0.39, 0.29) is 11.6 Å². The Morgan fingerprint density at radius 3 is 0.918 bits per heavy atom. The lowest BCUT2D eigenvalue weighted by molar-refractivity contribution is 0.444. The minimum atomic E-state index is -0.342. The van der Waals surface area contributed by atoms with Crippen molar-refractivity contribution in [2.24, 2.45) is 0 Å². The SMILES string of the molecule is Fc1ccc2c(c1)c1cc(F)ccc1n2-c1ccc(-c2cc3ccc4ccccc4n3n2)cc1.c1ccc2c(c1)ccc1cc(-c3ccc(-c4ccc(-c5ccc(-n6c7ccccc7c7ccccc76)cc5)cn4)cc3)nn12.c1ccc2c(c1)ccc1cc(-c3ccc(-n4c5ccc(C6CCCCC6)cc5c5cc(C6CCCCC6)ccc54)cc3)nn12. The highest BCUT2D eigenvalue weighted by Crippen LogP contribution is 2.43. The molecule has 2 aliphatic carbocycles. The van der Waals surface area contributed by atoms with Gasteiger partial charge in [0.25, 0.3) is 0 Å². The van der Waals surface area contributed by atoms with Crippen LogP contribution < -0.4 is 0 Å². The molecule has 0 spiro atoms. The van der Waals surface area contributed by atoms with Crippen LogP contribution in [0.25, 0.3) is 188 Å². The van der Waals surface area contributed by atoms with E-state index in [0.717, 1.165) is 117 Å². The number of rotatable bonds is 10. The van der Waals surface area contributed by atoms with Crippen molar-refractivity contribution >= 4 is 115 Å². The number of benzene rings is 13. The number of halogens is 2. The molecule has 2 saturated carbocycles. The molecule has 0 saturated heterocycles. The number of fused-ring (bicyclic) bond motifs is 18. The first kappa shape index (κ1) is 72.4. The number of para-hydroxylation sites is 5. The highest BCUT2D eigenvalue weighted by molar-refractivity contribution is 6.12. The molecule has 0 atom stereocenters. The van der Waals surface area contributed by atoms with Gasteiger partial charge in [-0.05, 0) is 224 Å². The van der Waals surface area contributed by atoms with Crippen LogP contribution in [-0.2, 0) is 0 Å². The van der Waals surface area contributed by atoms with E-state index in [9.17, 15) is 8.78 Å². The first-order valence-corrected chi connectivity index (χ1v) is 42.7. The quantitative estimate of drug-likeness (QED) is 0.137. The molecule has 122 heavy (non-hydrogen) atoms. The highest BCUT2D eigenvalue weighted by Gasteiger charge is 2.24. The van der Waals surface area contributed by atoms with Crippen LogP contribution in [0, 0.1) is 11.6 Å². The number of aromatic nitrogens is 10. The number of hydrogen-bond donors (Lipinski definition) is 0. The number of nitrogens with zero attached hydrogens (tertiary/aromatic N) is 10. The Morgan fingerprint density at radius 1 is 0.230 bits per heavy atom. The van der Waals surface area contributed by atoms with Crippen molar-refractivity contribution in [3.63, 3.8) is 0 Å². The normalized spacial score (nSPS) is 13.6. The zero-order chi connectivity index (χ0) is 80.9. The Bertz CT molecular complexity index is 7780. The van der Waals surface area contributed by atoms with E-state index in [0.29, 0.717) is 22.6 Å². The Balaban J connectivity index is 0.000000107. The minimum absolute atomic E-state index is 0.342. The monoisotopic (exact) mass is 1580 g/mol. The van der Waals surface area contributed by atoms with E-state index in [1.807, 2.05) is 56.2 Å². The molecule has 586 valence electrons. The zero-order valence-corrected chi connectivity index (χ0v) is 67.1. The lowest BCUT2D eigenvalue weighted by Gasteiger charge is -2.22. The van der Waals surface area contributed by atoms with Crippen molar-refractivity contribution in [2.75, 3.05) is 0 Å². The molecular weight excluding hydrogens is 1500 g/mol. The summed E-state index contributed by atoms with van der Waals surface area (Å²) in [5, 5.41) is 25.0. The maximum absolute atomic E-state index is 14.0. The second-order valence-corrected chi connectivity index (χ2v) is 33.0. The van der Waals surface area contributed by atoms with Crippen LogP contribution in [0.2, 0.25) is 0 Å². The van der Waals surface area contributed by atoms with Crippen LogP contribution in [0.3, 0.4) is 0 Å². The van der Waals surface area contributed by atoms with Gasteiger partial charge in [0.15, 0.2) is 0 Å². The summed E-state index contributed by atoms with van der Waals surface area (Å²) in [6.45, 7) is 0. The van der Waals surface area contributed by atoms with Gasteiger partial charge in [0.05, 0.1) is 89.0 Å². The topological polar surface area (TPSA) is 79.6 Å². The Labute approximate surface area is 702 Å². The summed E-state index contributed by atoms with van der Waals surface area (Å²) in [6, 6.07) is 124. The summed E-state index contributed by atoms with van der Waals surface area (Å²) in [4.78, 5) is 4.83. The van der Waals surface area contributed by atoms with Crippen LogP contribution in [0.4, 0.5) is 8.78 Å². The van der Waals surface area contributed by atoms with Gasteiger partial charge in [-0.1, -0.05) is 227 Å². The van der Waals surface area contributed by atoms with Gasteiger partial charge in [0, 0.05) is 99.6 Å². The average Bonchev–Trinajstić information content (AvgIpc) is 1.60. The summed E-state index contributed by atoms with van der Waals surface area (Å²) in [7, 11) is 0. The summed E-state index contributed by atoms with van der Waals surface area (Å²) in [6.07, 6.45) is 15.5. The van der Waals surface area contributed by atoms with Crippen molar-refractivity contribution in [1.29, 1.82) is 0 Å². The molecule has 0 N–H and O–H groups in total. The molecule has 0 aliphatic heterocycles. The molecule has 2 aliphatic rings. The van der Waals surface area contributed by atoms with Crippen LogP contribution in [0.15, 0.2) is 364 Å². The van der Waals surface area contributed by atoms with E-state index >= 15 is 0 Å². The van der Waals surface area contributed by atoms with Crippen LogP contribution in [0.1, 0.15) is 87.2 Å². The second kappa shape index (κ2) is 30.2. The number of hydrogen-bond acceptors (Lipinski definition) is 4. The van der Waals surface area contributed by atoms with Gasteiger partial charge in [-0.2, -0.15) is 15.3 Å². The molecule has 0 amide bonds. The maximum Gasteiger partial charge on any atom is 0.123 e. The van der Waals surface area contributed by atoms with E-state index in [2.05, 4.69) is 299 Å².